The van der Waals surface area contributed by atoms with E-state index in [4.69, 9.17) is 5.11 Å². The molecule has 14 heavy (non-hydrogen) atoms. The summed E-state index contributed by atoms with van der Waals surface area (Å²) in [6, 6.07) is 6.32. The lowest BCUT2D eigenvalue weighted by Gasteiger charge is -2.02. The topological polar surface area (TPSA) is 37.3 Å². The normalized spacial score (nSPS) is 14.0. The average molecular weight is 208 g/mol. The summed E-state index contributed by atoms with van der Waals surface area (Å²) in [5, 5.41) is 8.56. The van der Waals surface area contributed by atoms with Gasteiger partial charge in [-0.1, -0.05) is 12.1 Å². The van der Waals surface area contributed by atoms with Gasteiger partial charge in [0.2, 0.25) is 0 Å². The van der Waals surface area contributed by atoms with Crippen molar-refractivity contribution in [1.29, 1.82) is 0 Å². The van der Waals surface area contributed by atoms with Crippen molar-refractivity contribution in [1.82, 2.24) is 0 Å². The summed E-state index contributed by atoms with van der Waals surface area (Å²) in [5.74, 6) is 0.440. The molecule has 0 bridgehead atoms. The Kier molecular flexibility index (Phi) is 2.77. The number of carboxylic acids is 1. The second-order valence-corrected chi connectivity index (χ2v) is 4.57. The van der Waals surface area contributed by atoms with E-state index in [2.05, 4.69) is 12.1 Å². The van der Waals surface area contributed by atoms with Crippen LogP contribution >= 0.6 is 11.8 Å². The summed E-state index contributed by atoms with van der Waals surface area (Å²) in [7, 11) is 0. The molecule has 0 amide bonds. The van der Waals surface area contributed by atoms with Crippen molar-refractivity contribution in [3.8, 4) is 0 Å². The van der Waals surface area contributed by atoms with Gasteiger partial charge < -0.3 is 5.11 Å². The highest BCUT2D eigenvalue weighted by Gasteiger charge is 2.11. The summed E-state index contributed by atoms with van der Waals surface area (Å²) < 4.78 is 0. The Balaban J connectivity index is 2.09. The van der Waals surface area contributed by atoms with Crippen LogP contribution in [-0.2, 0) is 17.6 Å². The maximum Gasteiger partial charge on any atom is 0.303 e. The molecule has 1 aliphatic heterocycles. The first-order valence-corrected chi connectivity index (χ1v) is 5.70. The van der Waals surface area contributed by atoms with Gasteiger partial charge >= 0.3 is 5.97 Å². The number of hydrogen-bond donors (Lipinski definition) is 1. The second-order valence-electron chi connectivity index (χ2n) is 3.43. The second kappa shape index (κ2) is 4.05. The van der Waals surface area contributed by atoms with Crippen molar-refractivity contribution >= 4 is 17.7 Å². The van der Waals surface area contributed by atoms with Crippen LogP contribution in [0.2, 0.25) is 0 Å². The highest BCUT2D eigenvalue weighted by molar-refractivity contribution is 7.99. The number of fused-ring (bicyclic) bond motifs is 1. The Hall–Kier alpha value is -0.960. The summed E-state index contributed by atoms with van der Waals surface area (Å²) in [4.78, 5) is 11.7. The molecule has 0 aliphatic carbocycles. The molecule has 2 nitrogen and oxygen atoms in total. The van der Waals surface area contributed by atoms with Crippen molar-refractivity contribution in [2.45, 2.75) is 24.2 Å². The van der Waals surface area contributed by atoms with Crippen LogP contribution in [-0.4, -0.2) is 16.8 Å². The first-order chi connectivity index (χ1) is 6.75. The van der Waals surface area contributed by atoms with E-state index in [1.54, 1.807) is 0 Å². The third kappa shape index (κ3) is 2.10. The number of benzene rings is 1. The van der Waals surface area contributed by atoms with E-state index in [-0.39, 0.29) is 6.42 Å². The predicted octanol–water partition coefficient (Wildman–Crippen LogP) is 2.35. The zero-order chi connectivity index (χ0) is 9.97. The Morgan fingerprint density at radius 1 is 1.50 bits per heavy atom. The van der Waals surface area contributed by atoms with Gasteiger partial charge in [0, 0.05) is 17.1 Å². The Morgan fingerprint density at radius 2 is 2.36 bits per heavy atom. The van der Waals surface area contributed by atoms with Crippen molar-refractivity contribution < 1.29 is 9.90 Å². The van der Waals surface area contributed by atoms with Crippen LogP contribution in [0.5, 0.6) is 0 Å². The van der Waals surface area contributed by atoms with Gasteiger partial charge in [0.05, 0.1) is 0 Å². The van der Waals surface area contributed by atoms with Gasteiger partial charge in [-0.15, -0.1) is 11.8 Å². The lowest BCUT2D eigenvalue weighted by molar-refractivity contribution is -0.136. The van der Waals surface area contributed by atoms with Crippen LogP contribution in [0.1, 0.15) is 17.5 Å². The fraction of sp³-hybridized carbons (Fsp3) is 0.364. The number of aryl methyl sites for hydroxylation is 2. The van der Waals surface area contributed by atoms with Gasteiger partial charge in [0.25, 0.3) is 0 Å². The monoisotopic (exact) mass is 208 g/mol. The van der Waals surface area contributed by atoms with E-state index < -0.39 is 5.97 Å². The Morgan fingerprint density at radius 3 is 3.14 bits per heavy atom. The number of hydrogen-bond acceptors (Lipinski definition) is 2. The van der Waals surface area contributed by atoms with E-state index in [1.807, 2.05) is 17.8 Å². The third-order valence-electron chi connectivity index (χ3n) is 2.39. The van der Waals surface area contributed by atoms with E-state index in [9.17, 15) is 4.79 Å². The molecule has 0 spiro atoms. The molecule has 1 N–H and O–H groups in total. The van der Waals surface area contributed by atoms with Crippen LogP contribution in [0.4, 0.5) is 0 Å². The zero-order valence-corrected chi connectivity index (χ0v) is 8.64. The summed E-state index contributed by atoms with van der Waals surface area (Å²) >= 11 is 1.87. The first kappa shape index (κ1) is 9.59. The largest absolute Gasteiger partial charge is 0.481 e. The molecule has 1 aromatic carbocycles. The maximum absolute atomic E-state index is 10.4. The fourth-order valence-electron chi connectivity index (χ4n) is 1.62. The minimum atomic E-state index is -0.724. The van der Waals surface area contributed by atoms with Gasteiger partial charge in [-0.05, 0) is 30.0 Å². The van der Waals surface area contributed by atoms with Gasteiger partial charge in [-0.3, -0.25) is 4.79 Å². The van der Waals surface area contributed by atoms with E-state index in [0.29, 0.717) is 6.42 Å². The quantitative estimate of drug-likeness (QED) is 0.828. The lowest BCUT2D eigenvalue weighted by atomic mass is 10.1. The van der Waals surface area contributed by atoms with Crippen LogP contribution in [0.25, 0.3) is 0 Å². The molecule has 0 unspecified atom stereocenters. The van der Waals surface area contributed by atoms with Crippen LogP contribution < -0.4 is 0 Å². The zero-order valence-electron chi connectivity index (χ0n) is 7.82. The van der Waals surface area contributed by atoms with Crippen molar-refractivity contribution in [3.63, 3.8) is 0 Å². The molecule has 1 heterocycles. The van der Waals surface area contributed by atoms with Crippen molar-refractivity contribution in [3.05, 3.63) is 29.3 Å². The Labute approximate surface area is 87.3 Å². The number of carbonyl (C=O) groups is 1. The van der Waals surface area contributed by atoms with Gasteiger partial charge in [-0.25, -0.2) is 0 Å². The number of carboxylic acid groups (broad SMARTS) is 1. The van der Waals surface area contributed by atoms with Gasteiger partial charge in [-0.2, -0.15) is 0 Å². The third-order valence-corrected chi connectivity index (χ3v) is 3.49. The molecular formula is C11H12O2S. The summed E-state index contributed by atoms with van der Waals surface area (Å²) in [6.45, 7) is 0. The molecule has 0 aromatic heterocycles. The standard InChI is InChI=1S/C11H12O2S/c12-11(13)4-2-8-1-3-9-5-6-14-10(9)7-8/h1,3,7H,2,4-6H2,(H,12,13). The molecular weight excluding hydrogens is 196 g/mol. The molecule has 0 saturated carbocycles. The summed E-state index contributed by atoms with van der Waals surface area (Å²) in [6.07, 6.45) is 2.02. The first-order valence-electron chi connectivity index (χ1n) is 4.72. The minimum Gasteiger partial charge on any atom is -0.481 e. The molecule has 0 fully saturated rings. The molecule has 2 rings (SSSR count). The SMILES string of the molecule is O=C(O)CCc1ccc2c(c1)SCC2. The smallest absolute Gasteiger partial charge is 0.303 e. The molecule has 0 atom stereocenters. The number of thioether (sulfide) groups is 1. The Bertz CT molecular complexity index is 360. The molecule has 74 valence electrons. The highest BCUT2D eigenvalue weighted by atomic mass is 32.2. The van der Waals surface area contributed by atoms with E-state index in [0.717, 1.165) is 17.7 Å². The van der Waals surface area contributed by atoms with Crippen LogP contribution in [0.3, 0.4) is 0 Å². The van der Waals surface area contributed by atoms with E-state index >= 15 is 0 Å². The van der Waals surface area contributed by atoms with Crippen LogP contribution in [0.15, 0.2) is 23.1 Å². The number of rotatable bonds is 3. The molecule has 1 aromatic rings. The van der Waals surface area contributed by atoms with Crippen molar-refractivity contribution in [2.24, 2.45) is 0 Å². The molecule has 1 aliphatic rings. The van der Waals surface area contributed by atoms with Crippen molar-refractivity contribution in [2.75, 3.05) is 5.75 Å². The van der Waals surface area contributed by atoms with E-state index in [1.165, 1.54) is 10.5 Å². The van der Waals surface area contributed by atoms with Crippen LogP contribution in [0, 0.1) is 0 Å². The predicted molar refractivity (Wildman–Crippen MR) is 56.8 cm³/mol. The number of aliphatic carboxylic acids is 1. The molecule has 0 saturated heterocycles. The lowest BCUT2D eigenvalue weighted by Crippen LogP contribution is -1.97. The average Bonchev–Trinajstić information content (AvgIpc) is 2.61. The highest BCUT2D eigenvalue weighted by Crippen LogP contribution is 2.31. The maximum atomic E-state index is 10.4. The fourth-order valence-corrected chi connectivity index (χ4v) is 2.75. The molecule has 3 heteroatoms. The minimum absolute atomic E-state index is 0.226. The van der Waals surface area contributed by atoms with Gasteiger partial charge in [0.1, 0.15) is 0 Å². The molecule has 0 radical (unpaired) electrons. The summed E-state index contributed by atoms with van der Waals surface area (Å²) in [5.41, 5.74) is 2.55. The van der Waals surface area contributed by atoms with Gasteiger partial charge in [0.15, 0.2) is 0 Å².